The molecule has 19 heavy (non-hydrogen) atoms. The lowest BCUT2D eigenvalue weighted by Crippen LogP contribution is -1.90. The molecule has 2 heterocycles. The summed E-state index contributed by atoms with van der Waals surface area (Å²) >= 11 is 4.89. The third-order valence-electron chi connectivity index (χ3n) is 2.67. The molecular weight excluding hydrogens is 324 g/mol. The van der Waals surface area contributed by atoms with Crippen molar-refractivity contribution in [3.8, 4) is 0 Å². The van der Waals surface area contributed by atoms with Gasteiger partial charge in [0, 0.05) is 15.6 Å². The molecule has 0 fully saturated rings. The summed E-state index contributed by atoms with van der Waals surface area (Å²) in [6.45, 7) is 0. The number of rotatable bonds is 3. The first-order chi connectivity index (χ1) is 9.28. The monoisotopic (exact) mass is 332 g/mol. The average molecular weight is 333 g/mol. The molecule has 0 saturated carbocycles. The number of imidazole rings is 1. The molecule has 0 saturated heterocycles. The van der Waals surface area contributed by atoms with E-state index in [1.807, 2.05) is 48.7 Å². The smallest absolute Gasteiger partial charge is 0.169 e. The van der Waals surface area contributed by atoms with Crippen molar-refractivity contribution < 1.29 is 4.79 Å². The van der Waals surface area contributed by atoms with Gasteiger partial charge in [0.25, 0.3) is 0 Å². The Hall–Kier alpha value is -1.59. The number of hydrogen-bond acceptors (Lipinski definition) is 3. The summed E-state index contributed by atoms with van der Waals surface area (Å²) in [4.78, 5) is 16.8. The molecule has 0 radical (unpaired) electrons. The number of carbonyl (C=O) groups is 1. The number of nitrogens with zero attached hydrogens (tertiary/aromatic N) is 2. The maximum Gasteiger partial charge on any atom is 0.169 e. The molecule has 0 N–H and O–H groups in total. The molecule has 0 unspecified atom stereocenters. The summed E-state index contributed by atoms with van der Waals surface area (Å²) in [5, 5.41) is 0.725. The first-order valence-electron chi connectivity index (χ1n) is 5.63. The molecule has 0 amide bonds. The van der Waals surface area contributed by atoms with E-state index < -0.39 is 0 Å². The largest absolute Gasteiger partial charge is 0.296 e. The summed E-state index contributed by atoms with van der Waals surface area (Å²) < 4.78 is 2.83. The minimum absolute atomic E-state index is 0.587. The predicted octanol–water partition coefficient (Wildman–Crippen LogP) is 4.06. The van der Waals surface area contributed by atoms with E-state index in [2.05, 4.69) is 20.9 Å². The number of halogens is 1. The Bertz CT molecular complexity index is 737. The van der Waals surface area contributed by atoms with Gasteiger partial charge in [0.05, 0.1) is 0 Å². The SMILES string of the molecule is O=Cc1c(Sc2ccc(Br)cc2)nc2ccccn12. The van der Waals surface area contributed by atoms with Gasteiger partial charge in [-0.1, -0.05) is 33.8 Å². The topological polar surface area (TPSA) is 34.4 Å². The van der Waals surface area contributed by atoms with Crippen molar-refractivity contribution in [1.82, 2.24) is 9.38 Å². The lowest BCUT2D eigenvalue weighted by atomic mass is 10.4. The van der Waals surface area contributed by atoms with Gasteiger partial charge < -0.3 is 0 Å². The second kappa shape index (κ2) is 5.19. The van der Waals surface area contributed by atoms with Crippen molar-refractivity contribution in [2.24, 2.45) is 0 Å². The Balaban J connectivity index is 2.05. The third kappa shape index (κ3) is 2.43. The van der Waals surface area contributed by atoms with Crippen LogP contribution in [0.25, 0.3) is 5.65 Å². The summed E-state index contributed by atoms with van der Waals surface area (Å²) in [7, 11) is 0. The molecule has 0 atom stereocenters. The van der Waals surface area contributed by atoms with Crippen LogP contribution in [-0.4, -0.2) is 15.7 Å². The van der Waals surface area contributed by atoms with Gasteiger partial charge in [-0.15, -0.1) is 0 Å². The maximum absolute atomic E-state index is 11.3. The van der Waals surface area contributed by atoms with E-state index in [4.69, 9.17) is 0 Å². The van der Waals surface area contributed by atoms with Crippen molar-refractivity contribution in [3.05, 3.63) is 58.8 Å². The highest BCUT2D eigenvalue weighted by Gasteiger charge is 2.12. The van der Waals surface area contributed by atoms with Crippen molar-refractivity contribution >= 4 is 39.6 Å². The highest BCUT2D eigenvalue weighted by Crippen LogP contribution is 2.30. The zero-order valence-corrected chi connectivity index (χ0v) is 12.2. The van der Waals surface area contributed by atoms with Gasteiger partial charge in [0.1, 0.15) is 16.4 Å². The summed E-state index contributed by atoms with van der Waals surface area (Å²) in [5.74, 6) is 0. The molecule has 0 aliphatic carbocycles. The van der Waals surface area contributed by atoms with Crippen LogP contribution in [0.4, 0.5) is 0 Å². The Morgan fingerprint density at radius 1 is 1.16 bits per heavy atom. The Labute approximate surface area is 122 Å². The van der Waals surface area contributed by atoms with E-state index >= 15 is 0 Å². The summed E-state index contributed by atoms with van der Waals surface area (Å²) in [5.41, 5.74) is 1.37. The van der Waals surface area contributed by atoms with Gasteiger partial charge in [-0.3, -0.25) is 9.20 Å². The quantitative estimate of drug-likeness (QED) is 0.678. The van der Waals surface area contributed by atoms with Gasteiger partial charge in [0.2, 0.25) is 0 Å². The summed E-state index contributed by atoms with van der Waals surface area (Å²) in [6, 6.07) is 13.6. The van der Waals surface area contributed by atoms with Gasteiger partial charge in [-0.05, 0) is 36.4 Å². The second-order valence-corrected chi connectivity index (χ2v) is 5.88. The fraction of sp³-hybridized carbons (Fsp3) is 0. The van der Waals surface area contributed by atoms with Crippen LogP contribution in [0, 0.1) is 0 Å². The molecule has 1 aromatic carbocycles. The fourth-order valence-electron chi connectivity index (χ4n) is 1.79. The standard InChI is InChI=1S/C14H9BrN2OS/c15-10-4-6-11(7-5-10)19-14-12(9-18)17-8-2-1-3-13(17)16-14/h1-9H. The number of hydrogen-bond donors (Lipinski definition) is 0. The van der Waals surface area contributed by atoms with Gasteiger partial charge in [-0.2, -0.15) is 0 Å². The van der Waals surface area contributed by atoms with E-state index in [0.717, 1.165) is 26.3 Å². The molecule has 0 spiro atoms. The van der Waals surface area contributed by atoms with Crippen LogP contribution < -0.4 is 0 Å². The molecule has 0 aliphatic heterocycles. The van der Waals surface area contributed by atoms with E-state index in [1.54, 1.807) is 4.40 Å². The Morgan fingerprint density at radius 2 is 1.95 bits per heavy atom. The highest BCUT2D eigenvalue weighted by atomic mass is 79.9. The van der Waals surface area contributed by atoms with E-state index in [-0.39, 0.29) is 0 Å². The number of benzene rings is 1. The molecule has 0 aliphatic rings. The van der Waals surface area contributed by atoms with Crippen LogP contribution in [-0.2, 0) is 0 Å². The number of aldehydes is 1. The predicted molar refractivity (Wildman–Crippen MR) is 78.8 cm³/mol. The van der Waals surface area contributed by atoms with Crippen LogP contribution in [0.2, 0.25) is 0 Å². The normalized spacial score (nSPS) is 10.8. The third-order valence-corrected chi connectivity index (χ3v) is 4.20. The molecular formula is C14H9BrN2OS. The van der Waals surface area contributed by atoms with E-state index in [1.165, 1.54) is 11.8 Å². The van der Waals surface area contributed by atoms with Gasteiger partial charge >= 0.3 is 0 Å². The van der Waals surface area contributed by atoms with Crippen molar-refractivity contribution in [2.45, 2.75) is 9.92 Å². The Kier molecular flexibility index (Phi) is 3.40. The lowest BCUT2D eigenvalue weighted by Gasteiger charge is -1.99. The molecule has 3 nitrogen and oxygen atoms in total. The molecule has 3 aromatic rings. The number of carbonyl (C=O) groups excluding carboxylic acids is 1. The molecule has 3 rings (SSSR count). The van der Waals surface area contributed by atoms with E-state index in [0.29, 0.717) is 5.69 Å². The first-order valence-corrected chi connectivity index (χ1v) is 7.24. The number of fused-ring (bicyclic) bond motifs is 1. The number of aromatic nitrogens is 2. The summed E-state index contributed by atoms with van der Waals surface area (Å²) in [6.07, 6.45) is 2.69. The minimum atomic E-state index is 0.587. The van der Waals surface area contributed by atoms with Gasteiger partial charge in [-0.25, -0.2) is 4.98 Å². The second-order valence-electron chi connectivity index (χ2n) is 3.90. The zero-order valence-electron chi connectivity index (χ0n) is 9.79. The highest BCUT2D eigenvalue weighted by molar-refractivity contribution is 9.10. The van der Waals surface area contributed by atoms with Crippen LogP contribution in [0.1, 0.15) is 10.5 Å². The van der Waals surface area contributed by atoms with Crippen LogP contribution in [0.5, 0.6) is 0 Å². The first kappa shape index (κ1) is 12.4. The van der Waals surface area contributed by atoms with Crippen LogP contribution in [0.15, 0.2) is 63.1 Å². The van der Waals surface area contributed by atoms with Gasteiger partial charge in [0.15, 0.2) is 6.29 Å². The average Bonchev–Trinajstić information content (AvgIpc) is 2.78. The van der Waals surface area contributed by atoms with Crippen LogP contribution >= 0.6 is 27.7 Å². The lowest BCUT2D eigenvalue weighted by molar-refractivity contribution is 0.111. The van der Waals surface area contributed by atoms with Crippen LogP contribution in [0.3, 0.4) is 0 Å². The molecule has 2 aromatic heterocycles. The minimum Gasteiger partial charge on any atom is -0.296 e. The number of pyridine rings is 1. The molecule has 94 valence electrons. The van der Waals surface area contributed by atoms with Crippen molar-refractivity contribution in [3.63, 3.8) is 0 Å². The Morgan fingerprint density at radius 3 is 2.68 bits per heavy atom. The maximum atomic E-state index is 11.3. The molecule has 5 heteroatoms. The van der Waals surface area contributed by atoms with E-state index in [9.17, 15) is 4.79 Å². The zero-order chi connectivity index (χ0) is 13.2. The van der Waals surface area contributed by atoms with Crippen molar-refractivity contribution in [1.29, 1.82) is 0 Å². The fourth-order valence-corrected chi connectivity index (χ4v) is 2.94. The molecule has 0 bridgehead atoms. The van der Waals surface area contributed by atoms with Crippen molar-refractivity contribution in [2.75, 3.05) is 0 Å².